The van der Waals surface area contributed by atoms with Gasteiger partial charge in [0.05, 0.1) is 26.3 Å². The van der Waals surface area contributed by atoms with Gasteiger partial charge in [-0.3, -0.25) is 4.90 Å². The van der Waals surface area contributed by atoms with Crippen molar-refractivity contribution in [1.82, 2.24) is 15.1 Å². The van der Waals surface area contributed by atoms with Gasteiger partial charge in [0.2, 0.25) is 11.8 Å². The molecular weight excluding hydrogens is 258 g/mol. The van der Waals surface area contributed by atoms with E-state index in [1.807, 2.05) is 36.2 Å². The topological polar surface area (TPSA) is 71.6 Å². The van der Waals surface area contributed by atoms with E-state index in [9.17, 15) is 5.11 Å². The number of likely N-dealkylation sites (N-methyl/N-ethyl adjacent to an activating group) is 1. The zero-order valence-electron chi connectivity index (χ0n) is 11.9. The third kappa shape index (κ3) is 3.34. The number of aryl methyl sites for hydroxylation is 1. The van der Waals surface area contributed by atoms with Crippen LogP contribution in [-0.2, 0) is 6.54 Å². The van der Waals surface area contributed by atoms with Crippen molar-refractivity contribution in [1.29, 1.82) is 0 Å². The number of rotatable bonds is 6. The van der Waals surface area contributed by atoms with Crippen LogP contribution in [0, 0.1) is 6.92 Å². The second-order valence-electron chi connectivity index (χ2n) is 4.60. The van der Waals surface area contributed by atoms with Gasteiger partial charge in [-0.25, -0.2) is 0 Å². The van der Waals surface area contributed by atoms with E-state index in [0.717, 1.165) is 11.3 Å². The van der Waals surface area contributed by atoms with E-state index in [1.165, 1.54) is 0 Å². The summed E-state index contributed by atoms with van der Waals surface area (Å²) in [6, 6.07) is 7.50. The summed E-state index contributed by atoms with van der Waals surface area (Å²) in [7, 11) is 3.53. The van der Waals surface area contributed by atoms with Gasteiger partial charge in [0.25, 0.3) is 0 Å². The van der Waals surface area contributed by atoms with Crippen LogP contribution in [0.2, 0.25) is 0 Å². The third-order valence-corrected chi connectivity index (χ3v) is 3.16. The predicted molar refractivity (Wildman–Crippen MR) is 73.3 cm³/mol. The molecule has 0 aliphatic heterocycles. The van der Waals surface area contributed by atoms with Gasteiger partial charge in [-0.15, -0.1) is 10.2 Å². The van der Waals surface area contributed by atoms with Crippen molar-refractivity contribution in [2.45, 2.75) is 19.5 Å². The first kappa shape index (κ1) is 14.5. The number of aromatic nitrogens is 2. The van der Waals surface area contributed by atoms with Gasteiger partial charge in [0, 0.05) is 6.92 Å². The zero-order chi connectivity index (χ0) is 14.5. The molecule has 0 spiro atoms. The molecule has 1 unspecified atom stereocenters. The number of benzene rings is 1. The molecule has 0 bridgehead atoms. The van der Waals surface area contributed by atoms with Crippen LogP contribution in [0.15, 0.2) is 28.7 Å². The van der Waals surface area contributed by atoms with Crippen molar-refractivity contribution in [3.05, 3.63) is 41.6 Å². The molecule has 108 valence electrons. The normalized spacial score (nSPS) is 12.7. The summed E-state index contributed by atoms with van der Waals surface area (Å²) in [6.45, 7) is 2.25. The minimum absolute atomic E-state index is 0.00987. The van der Waals surface area contributed by atoms with E-state index >= 15 is 0 Å². The third-order valence-electron chi connectivity index (χ3n) is 3.16. The SMILES string of the molecule is COc1ccc(C(CO)N(C)Cc2nnc(C)o2)cc1. The van der Waals surface area contributed by atoms with E-state index in [-0.39, 0.29) is 12.6 Å². The summed E-state index contributed by atoms with van der Waals surface area (Å²) in [5, 5.41) is 17.4. The Kier molecular flexibility index (Phi) is 4.70. The number of aliphatic hydroxyl groups is 1. The second-order valence-corrected chi connectivity index (χ2v) is 4.60. The van der Waals surface area contributed by atoms with Gasteiger partial charge >= 0.3 is 0 Å². The van der Waals surface area contributed by atoms with Gasteiger partial charge < -0.3 is 14.3 Å². The van der Waals surface area contributed by atoms with Crippen LogP contribution < -0.4 is 4.74 Å². The number of nitrogens with zero attached hydrogens (tertiary/aromatic N) is 3. The smallest absolute Gasteiger partial charge is 0.230 e. The monoisotopic (exact) mass is 277 g/mol. The van der Waals surface area contributed by atoms with Crippen molar-refractivity contribution in [2.75, 3.05) is 20.8 Å². The summed E-state index contributed by atoms with van der Waals surface area (Å²) >= 11 is 0. The maximum Gasteiger partial charge on any atom is 0.230 e. The van der Waals surface area contributed by atoms with Crippen LogP contribution in [0.5, 0.6) is 5.75 Å². The molecular formula is C14H19N3O3. The van der Waals surface area contributed by atoms with E-state index in [2.05, 4.69) is 10.2 Å². The standard InChI is InChI=1S/C14H19N3O3/c1-10-15-16-14(20-10)8-17(2)13(9-18)11-4-6-12(19-3)7-5-11/h4-7,13,18H,8-9H2,1-3H3. The average molecular weight is 277 g/mol. The molecule has 1 heterocycles. The molecule has 0 radical (unpaired) electrons. The van der Waals surface area contributed by atoms with Gasteiger partial charge in [-0.2, -0.15) is 0 Å². The van der Waals surface area contributed by atoms with Crippen molar-refractivity contribution >= 4 is 0 Å². The first-order valence-corrected chi connectivity index (χ1v) is 6.38. The molecule has 6 nitrogen and oxygen atoms in total. The number of ether oxygens (including phenoxy) is 1. The number of hydrogen-bond acceptors (Lipinski definition) is 6. The highest BCUT2D eigenvalue weighted by molar-refractivity contribution is 5.29. The lowest BCUT2D eigenvalue weighted by molar-refractivity contribution is 0.133. The highest BCUT2D eigenvalue weighted by Crippen LogP contribution is 2.23. The van der Waals surface area contributed by atoms with Crippen molar-refractivity contribution in [2.24, 2.45) is 0 Å². The molecule has 1 N–H and O–H groups in total. The fourth-order valence-electron chi connectivity index (χ4n) is 2.05. The Hall–Kier alpha value is -1.92. The lowest BCUT2D eigenvalue weighted by atomic mass is 10.1. The van der Waals surface area contributed by atoms with Gasteiger partial charge in [-0.05, 0) is 24.7 Å². The first-order chi connectivity index (χ1) is 9.63. The summed E-state index contributed by atoms with van der Waals surface area (Å²) in [5.41, 5.74) is 1.01. The van der Waals surface area contributed by atoms with Gasteiger partial charge in [0.15, 0.2) is 0 Å². The van der Waals surface area contributed by atoms with Gasteiger partial charge in [0.1, 0.15) is 5.75 Å². The fraction of sp³-hybridized carbons (Fsp3) is 0.429. The van der Waals surface area contributed by atoms with E-state index in [4.69, 9.17) is 9.15 Å². The Labute approximate surface area is 118 Å². The maximum atomic E-state index is 9.62. The molecule has 0 amide bonds. The predicted octanol–water partition coefficient (Wildman–Crippen LogP) is 1.55. The fourth-order valence-corrected chi connectivity index (χ4v) is 2.05. The summed E-state index contributed by atoms with van der Waals surface area (Å²) < 4.78 is 10.5. The van der Waals surface area contributed by atoms with Crippen molar-refractivity contribution in [3.8, 4) is 5.75 Å². The van der Waals surface area contributed by atoms with Crippen molar-refractivity contribution in [3.63, 3.8) is 0 Å². The molecule has 2 rings (SSSR count). The minimum atomic E-state index is -0.131. The molecule has 20 heavy (non-hydrogen) atoms. The van der Waals surface area contributed by atoms with E-state index in [0.29, 0.717) is 18.3 Å². The lowest BCUT2D eigenvalue weighted by Gasteiger charge is -2.25. The molecule has 0 saturated carbocycles. The van der Waals surface area contributed by atoms with Crippen LogP contribution in [-0.4, -0.2) is 41.0 Å². The Morgan fingerprint density at radius 2 is 2.00 bits per heavy atom. The van der Waals surface area contributed by atoms with Crippen LogP contribution in [0.1, 0.15) is 23.4 Å². The summed E-state index contributed by atoms with van der Waals surface area (Å²) in [6.07, 6.45) is 0. The molecule has 1 atom stereocenters. The molecule has 6 heteroatoms. The lowest BCUT2D eigenvalue weighted by Crippen LogP contribution is -2.27. The zero-order valence-corrected chi connectivity index (χ0v) is 11.9. The summed E-state index contributed by atoms with van der Waals surface area (Å²) in [5.74, 6) is 1.87. The number of aliphatic hydroxyl groups excluding tert-OH is 1. The Bertz CT molecular complexity index is 539. The van der Waals surface area contributed by atoms with Crippen LogP contribution in [0.3, 0.4) is 0 Å². The number of methoxy groups -OCH3 is 1. The minimum Gasteiger partial charge on any atom is -0.497 e. The first-order valence-electron chi connectivity index (χ1n) is 6.38. The molecule has 0 saturated heterocycles. The molecule has 1 aromatic carbocycles. The number of hydrogen-bond donors (Lipinski definition) is 1. The Morgan fingerprint density at radius 1 is 1.30 bits per heavy atom. The van der Waals surface area contributed by atoms with Crippen LogP contribution in [0.4, 0.5) is 0 Å². The van der Waals surface area contributed by atoms with E-state index < -0.39 is 0 Å². The molecule has 1 aromatic heterocycles. The largest absolute Gasteiger partial charge is 0.497 e. The van der Waals surface area contributed by atoms with E-state index in [1.54, 1.807) is 14.0 Å². The molecule has 2 aromatic rings. The Balaban J connectivity index is 2.09. The van der Waals surface area contributed by atoms with Crippen molar-refractivity contribution < 1.29 is 14.3 Å². The maximum absolute atomic E-state index is 9.62. The highest BCUT2D eigenvalue weighted by Gasteiger charge is 2.18. The Morgan fingerprint density at radius 3 is 2.50 bits per heavy atom. The van der Waals surface area contributed by atoms with Gasteiger partial charge in [-0.1, -0.05) is 12.1 Å². The second kappa shape index (κ2) is 6.49. The molecule has 0 fully saturated rings. The average Bonchev–Trinajstić information content (AvgIpc) is 2.85. The summed E-state index contributed by atoms with van der Waals surface area (Å²) in [4.78, 5) is 1.97. The van der Waals surface area contributed by atoms with Crippen LogP contribution in [0.25, 0.3) is 0 Å². The highest BCUT2D eigenvalue weighted by atomic mass is 16.5. The van der Waals surface area contributed by atoms with Crippen LogP contribution >= 0.6 is 0 Å². The quantitative estimate of drug-likeness (QED) is 0.863. The molecule has 0 aliphatic rings. The molecule has 0 aliphatic carbocycles.